The van der Waals surface area contributed by atoms with Crippen LogP contribution in [0.1, 0.15) is 36.8 Å². The first-order chi connectivity index (χ1) is 15.8. The number of ether oxygens (including phenoxy) is 1. The van der Waals surface area contributed by atoms with Gasteiger partial charge in [-0.15, -0.1) is 0 Å². The summed E-state index contributed by atoms with van der Waals surface area (Å²) in [4.78, 5) is 12.0. The largest absolute Gasteiger partial charge is 0.475 e. The fraction of sp³-hybridized carbons (Fsp3) is 0.474. The van der Waals surface area contributed by atoms with Gasteiger partial charge in [0.15, 0.2) is 11.5 Å². The molecule has 6 atom stereocenters. The molecule has 4 N–H and O–H groups in total. The van der Waals surface area contributed by atoms with E-state index in [0.717, 1.165) is 5.56 Å². The van der Waals surface area contributed by atoms with Crippen LogP contribution in [0.15, 0.2) is 37.1 Å². The quantitative estimate of drug-likeness (QED) is 0.443. The number of fused-ring (bicyclic) bond motifs is 1. The van der Waals surface area contributed by atoms with Crippen molar-refractivity contribution in [2.24, 2.45) is 0 Å². The molecule has 2 fully saturated rings. The maximum absolute atomic E-state index is 13.0. The Morgan fingerprint density at radius 3 is 2.94 bits per heavy atom. The fourth-order valence-corrected chi connectivity index (χ4v) is 5.39. The van der Waals surface area contributed by atoms with Crippen molar-refractivity contribution in [3.8, 4) is 0 Å². The number of phosphoric ester groups is 1. The Morgan fingerprint density at radius 2 is 2.15 bits per heavy atom. The molecule has 2 saturated heterocycles. The van der Waals surface area contributed by atoms with Crippen molar-refractivity contribution in [2.45, 2.75) is 43.4 Å². The number of anilines is 1. The van der Waals surface area contributed by atoms with Crippen LogP contribution in [0, 0.1) is 0 Å². The molecule has 0 amide bonds. The normalized spacial score (nSPS) is 34.6. The Hall–Kier alpha value is -2.51. The molecule has 5 heterocycles. The summed E-state index contributed by atoms with van der Waals surface area (Å²) in [6, 6.07) is 3.52. The maximum atomic E-state index is 13.0. The second-order valence-electron chi connectivity index (χ2n) is 8.03. The lowest BCUT2D eigenvalue weighted by molar-refractivity contribution is -0.0665. The van der Waals surface area contributed by atoms with Gasteiger partial charge >= 0.3 is 7.82 Å². The van der Waals surface area contributed by atoms with Crippen LogP contribution in [0.5, 0.6) is 0 Å². The van der Waals surface area contributed by atoms with E-state index in [1.807, 2.05) is 0 Å². The average Bonchev–Trinajstić information content (AvgIpc) is 3.33. The van der Waals surface area contributed by atoms with Gasteiger partial charge in [0.1, 0.15) is 30.2 Å². The van der Waals surface area contributed by atoms with E-state index in [0.29, 0.717) is 12.1 Å². The summed E-state index contributed by atoms with van der Waals surface area (Å²) in [7, 11) is -3.93. The highest BCUT2D eigenvalue weighted by Crippen LogP contribution is 2.57. The second-order valence-corrected chi connectivity index (χ2v) is 9.65. The number of hydrogen-bond donors (Lipinski definition) is 3. The van der Waals surface area contributed by atoms with E-state index in [9.17, 15) is 14.8 Å². The van der Waals surface area contributed by atoms with Gasteiger partial charge in [-0.3, -0.25) is 18.6 Å². The van der Waals surface area contributed by atoms with Crippen LogP contribution in [0.3, 0.4) is 0 Å². The lowest BCUT2D eigenvalue weighted by Gasteiger charge is -2.30. The monoisotopic (exact) mass is 478 g/mol. The highest BCUT2D eigenvalue weighted by atomic mass is 31.2. The number of rotatable bonds is 5. The number of phosphoric acid groups is 1. The summed E-state index contributed by atoms with van der Waals surface area (Å²) in [5, 5.41) is 25.8. The summed E-state index contributed by atoms with van der Waals surface area (Å²) < 4.78 is 36.7. The molecule has 0 aliphatic carbocycles. The Morgan fingerprint density at radius 1 is 1.36 bits per heavy atom. The predicted molar refractivity (Wildman–Crippen MR) is 112 cm³/mol. The van der Waals surface area contributed by atoms with Crippen LogP contribution < -0.4 is 5.73 Å². The minimum atomic E-state index is -3.93. The van der Waals surface area contributed by atoms with E-state index in [2.05, 4.69) is 20.1 Å². The molecule has 5 rings (SSSR count). The third-order valence-corrected chi connectivity index (χ3v) is 7.26. The van der Waals surface area contributed by atoms with Gasteiger partial charge < -0.3 is 20.7 Å². The van der Waals surface area contributed by atoms with Crippen molar-refractivity contribution >= 4 is 19.3 Å². The topological polar surface area (TPSA) is 176 Å². The minimum absolute atomic E-state index is 0.155. The Balaban J connectivity index is 1.31. The van der Waals surface area contributed by atoms with Crippen molar-refractivity contribution in [1.29, 1.82) is 0 Å². The van der Waals surface area contributed by atoms with Crippen LogP contribution >= 0.6 is 7.82 Å². The summed E-state index contributed by atoms with van der Waals surface area (Å²) in [5.41, 5.74) is 5.54. The zero-order chi connectivity index (χ0) is 23.2. The zero-order valence-electron chi connectivity index (χ0n) is 17.6. The lowest BCUT2D eigenvalue weighted by Crippen LogP contribution is -2.43. The van der Waals surface area contributed by atoms with Crippen molar-refractivity contribution in [1.82, 2.24) is 24.6 Å². The van der Waals surface area contributed by atoms with Gasteiger partial charge in [-0.05, 0) is 24.6 Å². The van der Waals surface area contributed by atoms with Gasteiger partial charge in [-0.1, -0.05) is 0 Å². The fourth-order valence-electron chi connectivity index (χ4n) is 4.00. The number of pyridine rings is 1. The molecule has 0 bridgehead atoms. The van der Waals surface area contributed by atoms with Gasteiger partial charge in [-0.25, -0.2) is 19.0 Å². The van der Waals surface area contributed by atoms with Crippen LogP contribution in [0.2, 0.25) is 0 Å². The number of hydrogen-bond acceptors (Lipinski definition) is 12. The first-order valence-electron chi connectivity index (χ1n) is 10.3. The molecule has 33 heavy (non-hydrogen) atoms. The van der Waals surface area contributed by atoms with E-state index < -0.39 is 37.8 Å². The molecule has 0 spiro atoms. The highest BCUT2D eigenvalue weighted by Gasteiger charge is 2.54. The summed E-state index contributed by atoms with van der Waals surface area (Å²) in [6.07, 6.45) is 2.49. The third kappa shape index (κ3) is 4.02. The molecule has 2 aliphatic heterocycles. The molecular formula is C19H23N6O7P. The van der Waals surface area contributed by atoms with Gasteiger partial charge in [-0.2, -0.15) is 5.10 Å². The lowest BCUT2D eigenvalue weighted by atomic mass is 9.91. The minimum Gasteiger partial charge on any atom is -0.387 e. The van der Waals surface area contributed by atoms with Crippen LogP contribution in [0.25, 0.3) is 5.65 Å². The average molecular weight is 478 g/mol. The first kappa shape index (κ1) is 22.3. The van der Waals surface area contributed by atoms with Crippen LogP contribution in [-0.4, -0.2) is 65.8 Å². The molecular weight excluding hydrogens is 455 g/mol. The predicted octanol–water partition coefficient (Wildman–Crippen LogP) is 0.956. The van der Waals surface area contributed by atoms with Gasteiger partial charge in [0.05, 0.1) is 31.2 Å². The molecule has 1 unspecified atom stereocenters. The van der Waals surface area contributed by atoms with Crippen LogP contribution in [0.4, 0.5) is 5.82 Å². The maximum Gasteiger partial charge on any atom is 0.475 e. The van der Waals surface area contributed by atoms with E-state index >= 15 is 0 Å². The van der Waals surface area contributed by atoms with E-state index in [-0.39, 0.29) is 24.7 Å². The number of nitrogens with two attached hydrogens (primary N) is 1. The second kappa shape index (κ2) is 8.37. The molecule has 176 valence electrons. The number of aliphatic hydroxyl groups is 2. The van der Waals surface area contributed by atoms with Crippen molar-refractivity contribution in [3.05, 3.63) is 48.3 Å². The number of imidazole rings is 1. The Labute approximate surface area is 188 Å². The molecule has 3 aromatic rings. The molecule has 13 nitrogen and oxygen atoms in total. The SMILES string of the molecule is C[C@@]1(O)[C@H](O)[C@@H](COP2(=O)OCC[C@@H](c3ccncc3)O2)O[C@H]1c1cnc2c(N)ncnn12. The van der Waals surface area contributed by atoms with E-state index in [1.54, 1.807) is 24.5 Å². The van der Waals surface area contributed by atoms with E-state index in [1.165, 1.54) is 24.0 Å². The Bertz CT molecular complexity index is 1190. The molecule has 14 heteroatoms. The number of nitrogen functional groups attached to an aromatic ring is 1. The summed E-state index contributed by atoms with van der Waals surface area (Å²) in [6.45, 7) is 1.24. The summed E-state index contributed by atoms with van der Waals surface area (Å²) >= 11 is 0. The number of nitrogens with zero attached hydrogens (tertiary/aromatic N) is 5. The smallest absolute Gasteiger partial charge is 0.387 e. The highest BCUT2D eigenvalue weighted by molar-refractivity contribution is 7.48. The summed E-state index contributed by atoms with van der Waals surface area (Å²) in [5.74, 6) is 0.155. The van der Waals surface area contributed by atoms with Crippen molar-refractivity contribution in [3.63, 3.8) is 0 Å². The molecule has 2 aliphatic rings. The standard InChI is InChI=1S/C19H23N6O7P/c1-19(27)15(26)14(31-16(19)12-8-22-18-17(20)23-10-24-25(12)18)9-30-33(28)29-7-4-13(32-33)11-2-5-21-6-3-11/h2-3,5-6,8,10,13-16,26-27H,4,7,9H2,1H3,(H2,20,23,24)/t13-,14+,15+,16-,19+,33?/m0/s1. The Kier molecular flexibility index (Phi) is 5.65. The number of aromatic nitrogens is 5. The first-order valence-corrected chi connectivity index (χ1v) is 11.7. The molecule has 0 saturated carbocycles. The molecule has 0 radical (unpaired) electrons. The van der Waals surface area contributed by atoms with Gasteiger partial charge in [0.2, 0.25) is 0 Å². The van der Waals surface area contributed by atoms with Crippen molar-refractivity contribution < 1.29 is 33.1 Å². The third-order valence-electron chi connectivity index (χ3n) is 5.78. The number of aliphatic hydroxyl groups excluding tert-OH is 1. The van der Waals surface area contributed by atoms with Gasteiger partial charge in [0.25, 0.3) is 0 Å². The van der Waals surface area contributed by atoms with Crippen molar-refractivity contribution in [2.75, 3.05) is 18.9 Å². The molecule has 3 aromatic heterocycles. The zero-order valence-corrected chi connectivity index (χ0v) is 18.5. The van der Waals surface area contributed by atoms with E-state index in [4.69, 9.17) is 24.0 Å². The molecule has 0 aromatic carbocycles. The van der Waals surface area contributed by atoms with Crippen LogP contribution in [-0.2, 0) is 22.9 Å². The van der Waals surface area contributed by atoms with Gasteiger partial charge in [0, 0.05) is 18.8 Å².